The van der Waals surface area contributed by atoms with Gasteiger partial charge < -0.3 is 9.84 Å². The molecule has 1 saturated carbocycles. The molecule has 35 heavy (non-hydrogen) atoms. The number of anilines is 1. The molecule has 0 saturated heterocycles. The van der Waals surface area contributed by atoms with Crippen molar-refractivity contribution in [3.8, 4) is 11.5 Å². The molecule has 5 rings (SSSR count). The summed E-state index contributed by atoms with van der Waals surface area (Å²) < 4.78 is 5.45. The fourth-order valence-corrected chi connectivity index (χ4v) is 4.85. The molecule has 0 atom stereocenters. The number of carbonyl (C=O) groups is 3. The molecule has 3 amide bonds. The largest absolute Gasteiger partial charge is 0.334 e. The Morgan fingerprint density at radius 3 is 2.49 bits per heavy atom. The molecular weight excluding hydrogens is 444 g/mol. The van der Waals surface area contributed by atoms with Crippen molar-refractivity contribution >= 4 is 23.4 Å². The summed E-state index contributed by atoms with van der Waals surface area (Å²) >= 11 is 0. The van der Waals surface area contributed by atoms with Crippen molar-refractivity contribution in [2.45, 2.75) is 64.8 Å². The van der Waals surface area contributed by atoms with Gasteiger partial charge in [-0.1, -0.05) is 50.4 Å². The van der Waals surface area contributed by atoms with Crippen LogP contribution in [0.5, 0.6) is 0 Å². The Morgan fingerprint density at radius 2 is 1.77 bits per heavy atom. The molecule has 0 bridgehead atoms. The van der Waals surface area contributed by atoms with E-state index in [1.54, 1.807) is 12.1 Å². The second-order valence-corrected chi connectivity index (χ2v) is 9.60. The molecule has 180 valence electrons. The zero-order valence-corrected chi connectivity index (χ0v) is 20.1. The van der Waals surface area contributed by atoms with Gasteiger partial charge in [0, 0.05) is 17.5 Å². The number of amides is 3. The number of nitrogens with zero attached hydrogens (tertiary/aromatic N) is 3. The number of rotatable bonds is 5. The molecule has 1 aliphatic carbocycles. The first-order valence-electron chi connectivity index (χ1n) is 12.1. The van der Waals surface area contributed by atoms with Crippen LogP contribution in [-0.2, 0) is 0 Å². The number of hydrogen-bond acceptors (Lipinski definition) is 6. The summed E-state index contributed by atoms with van der Waals surface area (Å²) in [7, 11) is 0. The number of fused-ring (bicyclic) bond motifs is 1. The van der Waals surface area contributed by atoms with E-state index in [4.69, 9.17) is 4.52 Å². The van der Waals surface area contributed by atoms with Crippen molar-refractivity contribution in [2.24, 2.45) is 0 Å². The first-order chi connectivity index (χ1) is 16.8. The van der Waals surface area contributed by atoms with E-state index < -0.39 is 0 Å². The third kappa shape index (κ3) is 4.13. The SMILES string of the molecule is Cc1cccc(-c2nc(C(C)C)no2)c1NC(=O)c1ccc2c(c1)C(=O)N(C1CCCCC1)C2=O. The summed E-state index contributed by atoms with van der Waals surface area (Å²) in [6.07, 6.45) is 4.84. The lowest BCUT2D eigenvalue weighted by atomic mass is 9.94. The van der Waals surface area contributed by atoms with Gasteiger partial charge in [0.25, 0.3) is 23.6 Å². The minimum Gasteiger partial charge on any atom is -0.334 e. The molecule has 0 spiro atoms. The zero-order valence-electron chi connectivity index (χ0n) is 20.1. The molecule has 8 heteroatoms. The van der Waals surface area contributed by atoms with Crippen LogP contribution in [0.3, 0.4) is 0 Å². The number of benzene rings is 2. The van der Waals surface area contributed by atoms with E-state index in [-0.39, 0.29) is 35.2 Å². The summed E-state index contributed by atoms with van der Waals surface area (Å²) in [5.41, 5.74) is 2.96. The maximum absolute atomic E-state index is 13.2. The van der Waals surface area contributed by atoms with Crippen molar-refractivity contribution < 1.29 is 18.9 Å². The van der Waals surface area contributed by atoms with Gasteiger partial charge >= 0.3 is 0 Å². The van der Waals surface area contributed by atoms with Crippen LogP contribution in [0.2, 0.25) is 0 Å². The van der Waals surface area contributed by atoms with Crippen LogP contribution < -0.4 is 5.32 Å². The van der Waals surface area contributed by atoms with Gasteiger partial charge in [-0.2, -0.15) is 4.98 Å². The van der Waals surface area contributed by atoms with Gasteiger partial charge in [0.1, 0.15) is 0 Å². The number of aromatic nitrogens is 2. The third-order valence-corrected chi connectivity index (χ3v) is 6.82. The Balaban J connectivity index is 1.42. The van der Waals surface area contributed by atoms with Gasteiger partial charge in [0.2, 0.25) is 0 Å². The van der Waals surface area contributed by atoms with E-state index in [1.165, 1.54) is 11.0 Å². The Kier molecular flexibility index (Phi) is 5.96. The van der Waals surface area contributed by atoms with Crippen molar-refractivity contribution in [3.63, 3.8) is 0 Å². The third-order valence-electron chi connectivity index (χ3n) is 6.82. The molecule has 2 aromatic carbocycles. The lowest BCUT2D eigenvalue weighted by Gasteiger charge is -2.29. The Hall–Kier alpha value is -3.81. The number of nitrogens with one attached hydrogen (secondary N) is 1. The fourth-order valence-electron chi connectivity index (χ4n) is 4.85. The van der Waals surface area contributed by atoms with Gasteiger partial charge in [-0.05, 0) is 49.6 Å². The molecule has 3 aromatic rings. The molecule has 8 nitrogen and oxygen atoms in total. The van der Waals surface area contributed by atoms with Crippen molar-refractivity contribution in [3.05, 3.63) is 64.5 Å². The monoisotopic (exact) mass is 472 g/mol. The minimum atomic E-state index is -0.386. The standard InChI is InChI=1S/C27H28N4O4/c1-15(2)23-29-25(35-30-23)20-11-7-8-16(3)22(20)28-24(32)17-12-13-19-21(14-17)27(34)31(26(19)33)18-9-5-4-6-10-18/h7-8,11-15,18H,4-6,9-10H2,1-3H3,(H,28,32). The smallest absolute Gasteiger partial charge is 0.261 e. The number of carbonyl (C=O) groups excluding carboxylic acids is 3. The van der Waals surface area contributed by atoms with Gasteiger partial charge in [-0.15, -0.1) is 0 Å². The number of imide groups is 1. The van der Waals surface area contributed by atoms with Crippen LogP contribution in [-0.4, -0.2) is 38.8 Å². The molecule has 2 heterocycles. The summed E-state index contributed by atoms with van der Waals surface area (Å²) in [4.78, 5) is 45.2. The van der Waals surface area contributed by atoms with E-state index in [1.807, 2.05) is 39.0 Å². The normalized spacial score (nSPS) is 16.2. The average molecular weight is 473 g/mol. The maximum atomic E-state index is 13.2. The quantitative estimate of drug-likeness (QED) is 0.502. The second kappa shape index (κ2) is 9.09. The molecule has 1 N–H and O–H groups in total. The maximum Gasteiger partial charge on any atom is 0.261 e. The number of aryl methyl sites for hydroxylation is 1. The van der Waals surface area contributed by atoms with Crippen LogP contribution in [0.4, 0.5) is 5.69 Å². The Labute approximate surface area is 203 Å². The predicted octanol–water partition coefficient (Wildman–Crippen LogP) is 5.35. The number of para-hydroxylation sites is 1. The van der Waals surface area contributed by atoms with Crippen LogP contribution >= 0.6 is 0 Å². The zero-order chi connectivity index (χ0) is 24.7. The lowest BCUT2D eigenvalue weighted by molar-refractivity contribution is 0.0548. The van der Waals surface area contributed by atoms with Crippen molar-refractivity contribution in [1.82, 2.24) is 15.0 Å². The van der Waals surface area contributed by atoms with E-state index in [2.05, 4.69) is 15.5 Å². The molecule has 0 unspecified atom stereocenters. The average Bonchev–Trinajstić information content (AvgIpc) is 3.44. The summed E-state index contributed by atoms with van der Waals surface area (Å²) in [6.45, 7) is 5.83. The lowest BCUT2D eigenvalue weighted by Crippen LogP contribution is -2.40. The molecule has 2 aliphatic rings. The van der Waals surface area contributed by atoms with E-state index in [0.29, 0.717) is 34.1 Å². The van der Waals surface area contributed by atoms with Crippen LogP contribution in [0.25, 0.3) is 11.5 Å². The first-order valence-corrected chi connectivity index (χ1v) is 12.1. The van der Waals surface area contributed by atoms with Crippen molar-refractivity contribution in [1.29, 1.82) is 0 Å². The minimum absolute atomic E-state index is 0.0620. The summed E-state index contributed by atoms with van der Waals surface area (Å²) in [5.74, 6) is 0.0600. The second-order valence-electron chi connectivity index (χ2n) is 9.60. The van der Waals surface area contributed by atoms with Gasteiger partial charge in [-0.3, -0.25) is 19.3 Å². The Morgan fingerprint density at radius 1 is 1.03 bits per heavy atom. The summed E-state index contributed by atoms with van der Waals surface area (Å²) in [5, 5.41) is 6.97. The predicted molar refractivity (Wildman–Crippen MR) is 130 cm³/mol. The molecule has 1 aromatic heterocycles. The molecule has 0 radical (unpaired) electrons. The van der Waals surface area contributed by atoms with Gasteiger partial charge in [0.15, 0.2) is 5.82 Å². The fraction of sp³-hybridized carbons (Fsp3) is 0.370. The highest BCUT2D eigenvalue weighted by Crippen LogP contribution is 2.33. The highest BCUT2D eigenvalue weighted by atomic mass is 16.5. The Bertz CT molecular complexity index is 1320. The van der Waals surface area contributed by atoms with Crippen LogP contribution in [0.1, 0.15) is 94.3 Å². The molecule has 1 aliphatic heterocycles. The molecular formula is C27H28N4O4. The van der Waals surface area contributed by atoms with Gasteiger partial charge in [-0.25, -0.2) is 0 Å². The summed E-state index contributed by atoms with van der Waals surface area (Å²) in [6, 6.07) is 10.2. The van der Waals surface area contributed by atoms with E-state index in [9.17, 15) is 14.4 Å². The van der Waals surface area contributed by atoms with E-state index in [0.717, 1.165) is 37.7 Å². The topological polar surface area (TPSA) is 105 Å². The first kappa shape index (κ1) is 23.0. The highest BCUT2D eigenvalue weighted by molar-refractivity contribution is 6.22. The number of hydrogen-bond donors (Lipinski definition) is 1. The van der Waals surface area contributed by atoms with Crippen molar-refractivity contribution in [2.75, 3.05) is 5.32 Å². The highest BCUT2D eigenvalue weighted by Gasteiger charge is 2.40. The van der Waals surface area contributed by atoms with E-state index >= 15 is 0 Å². The molecule has 1 fully saturated rings. The van der Waals surface area contributed by atoms with Gasteiger partial charge in [0.05, 0.1) is 22.4 Å². The van der Waals surface area contributed by atoms with Crippen LogP contribution in [0.15, 0.2) is 40.9 Å². The van der Waals surface area contributed by atoms with Crippen LogP contribution in [0, 0.1) is 6.92 Å².